The lowest BCUT2D eigenvalue weighted by Crippen LogP contribution is -2.38. The molecule has 2 atom stereocenters. The van der Waals surface area contributed by atoms with Gasteiger partial charge in [0.25, 0.3) is 0 Å². The van der Waals surface area contributed by atoms with Crippen LogP contribution in [0.15, 0.2) is 59.8 Å². The molecule has 138 valence electrons. The summed E-state index contributed by atoms with van der Waals surface area (Å²) in [4.78, 5) is 25.3. The van der Waals surface area contributed by atoms with Crippen LogP contribution in [0.25, 0.3) is 0 Å². The van der Waals surface area contributed by atoms with Gasteiger partial charge in [-0.3, -0.25) is 9.59 Å². The number of allylic oxidation sites excluding steroid dienone is 2. The Bertz CT molecular complexity index is 916. The maximum absolute atomic E-state index is 13.2. The molecule has 2 aliphatic rings. The molecular weight excluding hydrogens is 345 g/mol. The number of hydrogen-bond acceptors (Lipinski definition) is 3. The summed E-state index contributed by atoms with van der Waals surface area (Å²) in [6.45, 7) is 0. The zero-order valence-electron chi connectivity index (χ0n) is 15.0. The fourth-order valence-electron chi connectivity index (χ4n) is 4.05. The normalized spacial score (nSPS) is 22.3. The molecule has 1 heterocycles. The van der Waals surface area contributed by atoms with Crippen molar-refractivity contribution < 1.29 is 18.7 Å². The summed E-state index contributed by atoms with van der Waals surface area (Å²) in [7, 11) is 1.60. The van der Waals surface area contributed by atoms with Crippen LogP contribution in [0.5, 0.6) is 5.75 Å². The Morgan fingerprint density at radius 1 is 0.926 bits per heavy atom. The van der Waals surface area contributed by atoms with E-state index < -0.39 is 0 Å². The molecule has 1 aliphatic heterocycles. The van der Waals surface area contributed by atoms with Gasteiger partial charge in [-0.15, -0.1) is 0 Å². The lowest BCUT2D eigenvalue weighted by atomic mass is 9.73. The second kappa shape index (κ2) is 6.99. The number of halogens is 1. The first-order valence-corrected chi connectivity index (χ1v) is 9.00. The first kappa shape index (κ1) is 17.5. The van der Waals surface area contributed by atoms with E-state index in [2.05, 4.69) is 5.32 Å². The number of methoxy groups -OCH3 is 1. The number of Topliss-reactive ketones (excluding diaryl/α,β-unsaturated/α-hetero) is 1. The summed E-state index contributed by atoms with van der Waals surface area (Å²) in [5.74, 6) is 0.118. The van der Waals surface area contributed by atoms with Crippen molar-refractivity contribution in [3.63, 3.8) is 0 Å². The molecule has 2 aromatic carbocycles. The van der Waals surface area contributed by atoms with Crippen LogP contribution in [0.2, 0.25) is 0 Å². The van der Waals surface area contributed by atoms with Gasteiger partial charge in [-0.25, -0.2) is 4.39 Å². The molecule has 0 bridgehead atoms. The average molecular weight is 365 g/mol. The summed E-state index contributed by atoms with van der Waals surface area (Å²) >= 11 is 0. The molecule has 1 aliphatic carbocycles. The minimum absolute atomic E-state index is 0.0476. The molecule has 4 rings (SSSR count). The zero-order chi connectivity index (χ0) is 19.0. The van der Waals surface area contributed by atoms with Crippen molar-refractivity contribution in [3.8, 4) is 5.75 Å². The molecular formula is C22H20FNO3. The molecule has 0 saturated carbocycles. The quantitative estimate of drug-likeness (QED) is 0.899. The third kappa shape index (κ3) is 3.37. The Labute approximate surface area is 157 Å². The van der Waals surface area contributed by atoms with E-state index in [0.717, 1.165) is 16.9 Å². The van der Waals surface area contributed by atoms with Crippen molar-refractivity contribution in [3.05, 3.63) is 76.7 Å². The van der Waals surface area contributed by atoms with E-state index in [1.54, 1.807) is 19.2 Å². The Kier molecular flexibility index (Phi) is 4.52. The number of nitrogens with one attached hydrogen (secondary N) is 1. The smallest absolute Gasteiger partial charge is 0.225 e. The van der Waals surface area contributed by atoms with Gasteiger partial charge >= 0.3 is 0 Å². The van der Waals surface area contributed by atoms with Crippen LogP contribution in [0, 0.1) is 5.82 Å². The van der Waals surface area contributed by atoms with Gasteiger partial charge in [-0.1, -0.05) is 24.3 Å². The minimum Gasteiger partial charge on any atom is -0.497 e. The number of benzene rings is 2. The highest BCUT2D eigenvalue weighted by Gasteiger charge is 2.38. The molecule has 0 unspecified atom stereocenters. The summed E-state index contributed by atoms with van der Waals surface area (Å²) in [6.07, 6.45) is 1.20. The van der Waals surface area contributed by atoms with Crippen molar-refractivity contribution in [2.75, 3.05) is 7.11 Å². The van der Waals surface area contributed by atoms with Crippen LogP contribution >= 0.6 is 0 Å². The standard InChI is InChI=1S/C22H20FNO3/c1-27-17-8-4-14(5-9-17)18-12-21(26)24-19-10-15(11-20(25)22(18)19)13-2-6-16(23)7-3-13/h2-9,15,18H,10-12H2,1H3,(H,24,26)/t15-,18+/m0/s1. The summed E-state index contributed by atoms with van der Waals surface area (Å²) in [5, 5.41) is 2.90. The minimum atomic E-state index is -0.300. The van der Waals surface area contributed by atoms with Gasteiger partial charge in [0.05, 0.1) is 7.11 Å². The molecule has 0 fully saturated rings. The predicted octanol–water partition coefficient (Wildman–Crippen LogP) is 3.84. The topological polar surface area (TPSA) is 55.4 Å². The van der Waals surface area contributed by atoms with E-state index in [0.29, 0.717) is 24.1 Å². The van der Waals surface area contributed by atoms with Crippen molar-refractivity contribution in [2.24, 2.45) is 0 Å². The third-order valence-electron chi connectivity index (χ3n) is 5.40. The van der Waals surface area contributed by atoms with Crippen molar-refractivity contribution in [1.29, 1.82) is 0 Å². The number of amides is 1. The van der Waals surface area contributed by atoms with Gasteiger partial charge in [-0.2, -0.15) is 0 Å². The molecule has 0 spiro atoms. The van der Waals surface area contributed by atoms with Gasteiger partial charge in [0, 0.05) is 30.0 Å². The van der Waals surface area contributed by atoms with E-state index in [-0.39, 0.29) is 35.8 Å². The van der Waals surface area contributed by atoms with Gasteiger partial charge < -0.3 is 10.1 Å². The van der Waals surface area contributed by atoms with E-state index in [4.69, 9.17) is 4.74 Å². The number of rotatable bonds is 3. The van der Waals surface area contributed by atoms with Crippen LogP contribution in [-0.2, 0) is 9.59 Å². The maximum Gasteiger partial charge on any atom is 0.225 e. The fourth-order valence-corrected chi connectivity index (χ4v) is 4.05. The number of carbonyl (C=O) groups is 2. The highest BCUT2D eigenvalue weighted by Crippen LogP contribution is 2.42. The molecule has 1 amide bonds. The molecule has 5 heteroatoms. The number of ether oxygens (including phenoxy) is 1. The van der Waals surface area contributed by atoms with Gasteiger partial charge in [0.15, 0.2) is 5.78 Å². The lowest BCUT2D eigenvalue weighted by Gasteiger charge is -2.34. The van der Waals surface area contributed by atoms with Crippen LogP contribution in [0.1, 0.15) is 42.2 Å². The van der Waals surface area contributed by atoms with E-state index >= 15 is 0 Å². The monoisotopic (exact) mass is 365 g/mol. The zero-order valence-corrected chi connectivity index (χ0v) is 15.0. The number of carbonyl (C=O) groups excluding carboxylic acids is 2. The summed E-state index contributed by atoms with van der Waals surface area (Å²) < 4.78 is 18.4. The Balaban J connectivity index is 1.68. The second-order valence-electron chi connectivity index (χ2n) is 7.05. The maximum atomic E-state index is 13.2. The molecule has 0 aromatic heterocycles. The first-order chi connectivity index (χ1) is 13.0. The molecule has 27 heavy (non-hydrogen) atoms. The van der Waals surface area contributed by atoms with Crippen molar-refractivity contribution in [1.82, 2.24) is 5.32 Å². The Morgan fingerprint density at radius 2 is 1.59 bits per heavy atom. The molecule has 1 N–H and O–H groups in total. The van der Waals surface area contributed by atoms with Crippen LogP contribution < -0.4 is 10.1 Å². The molecule has 2 aromatic rings. The van der Waals surface area contributed by atoms with Gasteiger partial charge in [0.1, 0.15) is 11.6 Å². The van der Waals surface area contributed by atoms with E-state index in [1.165, 1.54) is 12.1 Å². The van der Waals surface area contributed by atoms with Crippen molar-refractivity contribution in [2.45, 2.75) is 31.1 Å². The van der Waals surface area contributed by atoms with Gasteiger partial charge in [-0.05, 0) is 47.7 Å². The largest absolute Gasteiger partial charge is 0.497 e. The Morgan fingerprint density at radius 3 is 2.26 bits per heavy atom. The summed E-state index contributed by atoms with van der Waals surface area (Å²) in [5.41, 5.74) is 3.26. The second-order valence-corrected chi connectivity index (χ2v) is 7.05. The highest BCUT2D eigenvalue weighted by atomic mass is 19.1. The summed E-state index contributed by atoms with van der Waals surface area (Å²) in [6, 6.07) is 13.7. The number of hydrogen-bond donors (Lipinski definition) is 1. The fraction of sp³-hybridized carbons (Fsp3) is 0.273. The third-order valence-corrected chi connectivity index (χ3v) is 5.40. The van der Waals surface area contributed by atoms with Crippen molar-refractivity contribution >= 4 is 11.7 Å². The first-order valence-electron chi connectivity index (χ1n) is 9.00. The average Bonchev–Trinajstić information content (AvgIpc) is 2.67. The van der Waals surface area contributed by atoms with E-state index in [9.17, 15) is 14.0 Å². The van der Waals surface area contributed by atoms with Crippen LogP contribution in [0.3, 0.4) is 0 Å². The Hall–Kier alpha value is -2.95. The molecule has 0 saturated heterocycles. The molecule has 4 nitrogen and oxygen atoms in total. The van der Waals surface area contributed by atoms with Crippen LogP contribution in [-0.4, -0.2) is 18.8 Å². The van der Waals surface area contributed by atoms with E-state index in [1.807, 2.05) is 24.3 Å². The predicted molar refractivity (Wildman–Crippen MR) is 98.9 cm³/mol. The number of ketones is 1. The van der Waals surface area contributed by atoms with Gasteiger partial charge in [0.2, 0.25) is 5.91 Å². The molecule has 0 radical (unpaired) electrons. The highest BCUT2D eigenvalue weighted by molar-refractivity contribution is 6.02. The van der Waals surface area contributed by atoms with Crippen LogP contribution in [0.4, 0.5) is 4.39 Å². The SMILES string of the molecule is COc1ccc([C@H]2CC(=O)NC3=C2C(=O)C[C@@H](c2ccc(F)cc2)C3)cc1. The lowest BCUT2D eigenvalue weighted by molar-refractivity contribution is -0.122.